The molecule has 1 aromatic carbocycles. The standard InChI is InChI=1S/C11H11N3O3S/c1-17-11-12-8-7-10(13-11)14-18(15,16)9-5-3-2-4-6-9/h2-8H,1H3,(H,12,13,14). The maximum atomic E-state index is 12.0. The van der Waals surface area contributed by atoms with Crippen LogP contribution in [0.5, 0.6) is 6.01 Å². The molecule has 2 aromatic rings. The van der Waals surface area contributed by atoms with Crippen LogP contribution in [-0.4, -0.2) is 25.5 Å². The molecule has 0 amide bonds. The molecule has 1 aromatic heterocycles. The molecule has 0 saturated heterocycles. The topological polar surface area (TPSA) is 81.2 Å². The van der Waals surface area contributed by atoms with Gasteiger partial charge in [0.2, 0.25) is 0 Å². The Balaban J connectivity index is 2.28. The molecule has 0 aliphatic carbocycles. The molecule has 1 N–H and O–H groups in total. The quantitative estimate of drug-likeness (QED) is 0.900. The highest BCUT2D eigenvalue weighted by Crippen LogP contribution is 2.14. The van der Waals surface area contributed by atoms with Crippen molar-refractivity contribution in [3.8, 4) is 6.01 Å². The van der Waals surface area contributed by atoms with Crippen LogP contribution in [0.1, 0.15) is 0 Å². The lowest BCUT2D eigenvalue weighted by atomic mass is 10.4. The first-order chi connectivity index (χ1) is 8.62. The summed E-state index contributed by atoms with van der Waals surface area (Å²) in [5, 5.41) is 0. The van der Waals surface area contributed by atoms with Gasteiger partial charge in [-0.05, 0) is 12.1 Å². The number of aromatic nitrogens is 2. The van der Waals surface area contributed by atoms with E-state index in [-0.39, 0.29) is 16.7 Å². The Morgan fingerprint density at radius 1 is 1.17 bits per heavy atom. The van der Waals surface area contributed by atoms with Gasteiger partial charge in [0, 0.05) is 12.3 Å². The summed E-state index contributed by atoms with van der Waals surface area (Å²) in [4.78, 5) is 7.84. The molecule has 0 unspecified atom stereocenters. The number of rotatable bonds is 4. The van der Waals surface area contributed by atoms with Crippen LogP contribution in [-0.2, 0) is 10.0 Å². The number of hydrogen-bond donors (Lipinski definition) is 1. The summed E-state index contributed by atoms with van der Waals surface area (Å²) in [5.41, 5.74) is 0. The van der Waals surface area contributed by atoms with Crippen LogP contribution in [0.25, 0.3) is 0 Å². The number of nitrogens with zero attached hydrogens (tertiary/aromatic N) is 2. The molecule has 6 nitrogen and oxygen atoms in total. The van der Waals surface area contributed by atoms with E-state index in [0.717, 1.165) is 0 Å². The van der Waals surface area contributed by atoms with Crippen LogP contribution in [0.3, 0.4) is 0 Å². The summed E-state index contributed by atoms with van der Waals surface area (Å²) in [6.45, 7) is 0. The molecule has 0 aliphatic rings. The average Bonchev–Trinajstić information content (AvgIpc) is 2.39. The van der Waals surface area contributed by atoms with Gasteiger partial charge in [-0.1, -0.05) is 18.2 Å². The first-order valence-electron chi connectivity index (χ1n) is 5.07. The van der Waals surface area contributed by atoms with Crippen LogP contribution < -0.4 is 9.46 Å². The van der Waals surface area contributed by atoms with Crippen LogP contribution in [0.2, 0.25) is 0 Å². The van der Waals surface area contributed by atoms with E-state index in [0.29, 0.717) is 0 Å². The molecule has 0 atom stereocenters. The highest BCUT2D eigenvalue weighted by molar-refractivity contribution is 7.92. The van der Waals surface area contributed by atoms with Gasteiger partial charge >= 0.3 is 6.01 Å². The Hall–Kier alpha value is -2.15. The van der Waals surface area contributed by atoms with Gasteiger partial charge < -0.3 is 4.74 Å². The van der Waals surface area contributed by atoms with E-state index in [1.807, 2.05) is 0 Å². The van der Waals surface area contributed by atoms with E-state index in [4.69, 9.17) is 4.74 Å². The molecular weight excluding hydrogens is 254 g/mol. The number of benzene rings is 1. The van der Waals surface area contributed by atoms with Crippen molar-refractivity contribution in [1.82, 2.24) is 9.97 Å². The van der Waals surface area contributed by atoms with Gasteiger partial charge in [0.05, 0.1) is 12.0 Å². The third-order valence-electron chi connectivity index (χ3n) is 2.11. The van der Waals surface area contributed by atoms with Gasteiger partial charge in [-0.15, -0.1) is 0 Å². The van der Waals surface area contributed by atoms with E-state index in [9.17, 15) is 8.42 Å². The van der Waals surface area contributed by atoms with Gasteiger partial charge in [-0.3, -0.25) is 4.72 Å². The van der Waals surface area contributed by atoms with Gasteiger partial charge in [0.1, 0.15) is 5.82 Å². The van der Waals surface area contributed by atoms with E-state index in [1.54, 1.807) is 18.2 Å². The maximum absolute atomic E-state index is 12.0. The van der Waals surface area contributed by atoms with Crippen molar-refractivity contribution in [2.45, 2.75) is 4.90 Å². The minimum Gasteiger partial charge on any atom is -0.467 e. The van der Waals surface area contributed by atoms with Crippen molar-refractivity contribution in [2.75, 3.05) is 11.8 Å². The Morgan fingerprint density at radius 3 is 2.56 bits per heavy atom. The lowest BCUT2D eigenvalue weighted by Crippen LogP contribution is -2.14. The van der Waals surface area contributed by atoms with Crippen molar-refractivity contribution in [3.63, 3.8) is 0 Å². The average molecular weight is 265 g/mol. The second-order valence-corrected chi connectivity index (χ2v) is 5.03. The van der Waals surface area contributed by atoms with Gasteiger partial charge in [-0.2, -0.15) is 4.98 Å². The summed E-state index contributed by atoms with van der Waals surface area (Å²) in [5.74, 6) is 0.158. The third kappa shape index (κ3) is 2.75. The van der Waals surface area contributed by atoms with Gasteiger partial charge in [0.15, 0.2) is 0 Å². The fraction of sp³-hybridized carbons (Fsp3) is 0.0909. The molecule has 7 heteroatoms. The minimum atomic E-state index is -3.63. The lowest BCUT2D eigenvalue weighted by molar-refractivity contribution is 0.380. The SMILES string of the molecule is COc1nccc(NS(=O)(=O)c2ccccc2)n1. The fourth-order valence-electron chi connectivity index (χ4n) is 1.29. The summed E-state index contributed by atoms with van der Waals surface area (Å²) >= 11 is 0. The number of sulfonamides is 1. The van der Waals surface area contributed by atoms with Crippen LogP contribution in [0.4, 0.5) is 5.82 Å². The van der Waals surface area contributed by atoms with Crippen molar-refractivity contribution >= 4 is 15.8 Å². The molecule has 18 heavy (non-hydrogen) atoms. The van der Waals surface area contributed by atoms with E-state index >= 15 is 0 Å². The first-order valence-corrected chi connectivity index (χ1v) is 6.55. The van der Waals surface area contributed by atoms with Crippen molar-refractivity contribution in [3.05, 3.63) is 42.6 Å². The third-order valence-corrected chi connectivity index (χ3v) is 3.48. The number of hydrogen-bond acceptors (Lipinski definition) is 5. The zero-order valence-electron chi connectivity index (χ0n) is 9.57. The van der Waals surface area contributed by atoms with Crippen molar-refractivity contribution < 1.29 is 13.2 Å². The zero-order valence-corrected chi connectivity index (χ0v) is 10.4. The second-order valence-electron chi connectivity index (χ2n) is 3.35. The highest BCUT2D eigenvalue weighted by atomic mass is 32.2. The number of ether oxygens (including phenoxy) is 1. The van der Waals surface area contributed by atoms with Crippen LogP contribution in [0.15, 0.2) is 47.5 Å². The maximum Gasteiger partial charge on any atom is 0.318 e. The first kappa shape index (κ1) is 12.3. The lowest BCUT2D eigenvalue weighted by Gasteiger charge is -2.07. The van der Waals surface area contributed by atoms with E-state index in [1.165, 1.54) is 31.5 Å². The molecule has 0 aliphatic heterocycles. The number of nitrogens with one attached hydrogen (secondary N) is 1. The molecule has 0 saturated carbocycles. The van der Waals surface area contributed by atoms with Crippen LogP contribution >= 0.6 is 0 Å². The zero-order chi connectivity index (χ0) is 13.0. The van der Waals surface area contributed by atoms with E-state index < -0.39 is 10.0 Å². The van der Waals surface area contributed by atoms with Gasteiger partial charge in [0.25, 0.3) is 10.0 Å². The van der Waals surface area contributed by atoms with Crippen molar-refractivity contribution in [2.24, 2.45) is 0 Å². The van der Waals surface area contributed by atoms with Gasteiger partial charge in [-0.25, -0.2) is 13.4 Å². The molecule has 0 spiro atoms. The fourth-order valence-corrected chi connectivity index (χ4v) is 2.31. The van der Waals surface area contributed by atoms with Crippen LogP contribution in [0, 0.1) is 0 Å². The molecule has 0 radical (unpaired) electrons. The molecule has 2 rings (SSSR count). The molecule has 0 fully saturated rings. The Morgan fingerprint density at radius 2 is 1.89 bits per heavy atom. The largest absolute Gasteiger partial charge is 0.467 e. The number of anilines is 1. The normalized spacial score (nSPS) is 10.9. The molecule has 94 valence electrons. The smallest absolute Gasteiger partial charge is 0.318 e. The molecule has 1 heterocycles. The Labute approximate surface area is 105 Å². The molecule has 0 bridgehead atoms. The monoisotopic (exact) mass is 265 g/mol. The van der Waals surface area contributed by atoms with E-state index in [2.05, 4.69) is 14.7 Å². The Kier molecular flexibility index (Phi) is 3.42. The second kappa shape index (κ2) is 5.01. The predicted molar refractivity (Wildman–Crippen MR) is 65.8 cm³/mol. The van der Waals surface area contributed by atoms with Crippen molar-refractivity contribution in [1.29, 1.82) is 0 Å². The highest BCUT2D eigenvalue weighted by Gasteiger charge is 2.14. The summed E-state index contributed by atoms with van der Waals surface area (Å²) in [7, 11) is -2.23. The minimum absolute atomic E-state index is 0.100. The number of methoxy groups -OCH3 is 1. The summed E-state index contributed by atoms with van der Waals surface area (Å²) < 4.78 is 31.1. The summed E-state index contributed by atoms with van der Waals surface area (Å²) in [6.07, 6.45) is 1.41. The Bertz CT molecular complexity index is 629. The molecular formula is C11H11N3O3S. The predicted octanol–water partition coefficient (Wildman–Crippen LogP) is 1.29. The summed E-state index contributed by atoms with van der Waals surface area (Å²) in [6, 6.07) is 9.59.